The number of hydrogen-bond donors (Lipinski definition) is 0. The Morgan fingerprint density at radius 3 is 2.33 bits per heavy atom. The number of ketones is 1. The van der Waals surface area contributed by atoms with E-state index in [1.807, 2.05) is 30.3 Å². The molecule has 0 aliphatic rings. The van der Waals surface area contributed by atoms with Crippen molar-refractivity contribution >= 4 is 21.7 Å². The molecule has 3 heteroatoms. The third kappa shape index (κ3) is 3.77. The number of hydrogen-bond acceptors (Lipinski definition) is 1. The normalized spacial score (nSPS) is 10.3. The van der Waals surface area contributed by atoms with Crippen LogP contribution < -0.4 is 0 Å². The van der Waals surface area contributed by atoms with Crippen LogP contribution in [-0.2, 0) is 17.6 Å². The van der Waals surface area contributed by atoms with Crippen molar-refractivity contribution in [1.82, 2.24) is 0 Å². The first-order valence-corrected chi connectivity index (χ1v) is 6.43. The molecule has 92 valence electrons. The molecule has 1 nitrogen and oxygen atoms in total. The Morgan fingerprint density at radius 2 is 1.67 bits per heavy atom. The molecule has 0 spiro atoms. The van der Waals surface area contributed by atoms with E-state index in [4.69, 9.17) is 0 Å². The molecule has 18 heavy (non-hydrogen) atoms. The molecule has 0 fully saturated rings. The molecule has 0 bridgehead atoms. The monoisotopic (exact) mass is 306 g/mol. The van der Waals surface area contributed by atoms with Crippen LogP contribution >= 0.6 is 15.9 Å². The molecule has 0 saturated carbocycles. The molecule has 2 rings (SSSR count). The van der Waals surface area contributed by atoms with Gasteiger partial charge in [0.05, 0.1) is 0 Å². The fraction of sp³-hybridized carbons (Fsp3) is 0.133. The van der Waals surface area contributed by atoms with E-state index >= 15 is 0 Å². The summed E-state index contributed by atoms with van der Waals surface area (Å²) in [6, 6.07) is 14.1. The summed E-state index contributed by atoms with van der Waals surface area (Å²) in [5, 5.41) is 0. The third-order valence-electron chi connectivity index (χ3n) is 2.57. The van der Waals surface area contributed by atoms with Gasteiger partial charge in [-0.15, -0.1) is 0 Å². The molecule has 0 N–H and O–H groups in total. The van der Waals surface area contributed by atoms with Crippen molar-refractivity contribution in [3.05, 3.63) is 69.9 Å². The summed E-state index contributed by atoms with van der Waals surface area (Å²) in [7, 11) is 0. The van der Waals surface area contributed by atoms with Gasteiger partial charge in [0.1, 0.15) is 11.6 Å². The summed E-state index contributed by atoms with van der Waals surface area (Å²) in [5.74, 6) is -0.245. The van der Waals surface area contributed by atoms with E-state index in [1.165, 1.54) is 12.1 Å². The first-order chi connectivity index (χ1) is 8.63. The van der Waals surface area contributed by atoms with Gasteiger partial charge in [-0.25, -0.2) is 4.39 Å². The van der Waals surface area contributed by atoms with Crippen LogP contribution in [0, 0.1) is 5.82 Å². The minimum atomic E-state index is -0.327. The van der Waals surface area contributed by atoms with Crippen molar-refractivity contribution in [2.45, 2.75) is 12.8 Å². The fourth-order valence-corrected chi connectivity index (χ4v) is 2.34. The van der Waals surface area contributed by atoms with Gasteiger partial charge in [-0.1, -0.05) is 46.3 Å². The fourth-order valence-electron chi connectivity index (χ4n) is 1.83. The molecule has 0 amide bonds. The average Bonchev–Trinajstić information content (AvgIpc) is 2.28. The molecule has 0 atom stereocenters. The Labute approximate surface area is 114 Å². The number of rotatable bonds is 4. The van der Waals surface area contributed by atoms with Crippen LogP contribution in [0.5, 0.6) is 0 Å². The lowest BCUT2D eigenvalue weighted by atomic mass is 10.0. The molecule has 0 unspecified atom stereocenters. The Balaban J connectivity index is 2.03. The highest BCUT2D eigenvalue weighted by Crippen LogP contribution is 2.16. The van der Waals surface area contributed by atoms with E-state index in [1.54, 1.807) is 6.07 Å². The van der Waals surface area contributed by atoms with E-state index in [2.05, 4.69) is 15.9 Å². The Hall–Kier alpha value is -1.48. The van der Waals surface area contributed by atoms with Gasteiger partial charge in [-0.2, -0.15) is 0 Å². The lowest BCUT2D eigenvalue weighted by Crippen LogP contribution is -2.06. The number of carbonyl (C=O) groups excluding carboxylic acids is 1. The maximum absolute atomic E-state index is 13.2. The molecule has 0 aliphatic carbocycles. The van der Waals surface area contributed by atoms with Crippen LogP contribution in [0.25, 0.3) is 0 Å². The zero-order valence-electron chi connectivity index (χ0n) is 9.70. The lowest BCUT2D eigenvalue weighted by molar-refractivity contribution is -0.117. The van der Waals surface area contributed by atoms with Gasteiger partial charge in [0.2, 0.25) is 0 Å². The highest BCUT2D eigenvalue weighted by atomic mass is 79.9. The molecule has 0 aromatic heterocycles. The van der Waals surface area contributed by atoms with Crippen LogP contribution in [-0.4, -0.2) is 5.78 Å². The standard InChI is InChI=1S/C15H12BrFO/c16-13-6-12(7-14(17)10-13)9-15(18)8-11-4-2-1-3-5-11/h1-7,10H,8-9H2. The smallest absolute Gasteiger partial charge is 0.141 e. The molecule has 2 aromatic carbocycles. The molecule has 0 aliphatic heterocycles. The molecular formula is C15H12BrFO. The maximum Gasteiger partial charge on any atom is 0.141 e. The predicted molar refractivity (Wildman–Crippen MR) is 73.0 cm³/mol. The minimum Gasteiger partial charge on any atom is -0.299 e. The second-order valence-corrected chi connectivity index (χ2v) is 5.07. The van der Waals surface area contributed by atoms with Gasteiger partial charge in [0, 0.05) is 17.3 Å². The second kappa shape index (κ2) is 5.91. The molecule has 2 aromatic rings. The third-order valence-corrected chi connectivity index (χ3v) is 3.03. The van der Waals surface area contributed by atoms with Crippen LogP contribution in [0.15, 0.2) is 53.0 Å². The minimum absolute atomic E-state index is 0.0821. The van der Waals surface area contributed by atoms with Gasteiger partial charge in [-0.3, -0.25) is 4.79 Å². The summed E-state index contributed by atoms with van der Waals surface area (Å²) >= 11 is 3.22. The van der Waals surface area contributed by atoms with Gasteiger partial charge >= 0.3 is 0 Å². The summed E-state index contributed by atoms with van der Waals surface area (Å²) < 4.78 is 13.8. The van der Waals surface area contributed by atoms with Gasteiger partial charge in [-0.05, 0) is 29.3 Å². The summed E-state index contributed by atoms with van der Waals surface area (Å²) in [6.45, 7) is 0. The van der Waals surface area contributed by atoms with Gasteiger partial charge in [0.25, 0.3) is 0 Å². The summed E-state index contributed by atoms with van der Waals surface area (Å²) in [5.41, 5.74) is 1.68. The first kappa shape index (κ1) is 13.0. The van der Waals surface area contributed by atoms with E-state index in [9.17, 15) is 9.18 Å². The summed E-state index contributed by atoms with van der Waals surface area (Å²) in [4.78, 5) is 11.9. The SMILES string of the molecule is O=C(Cc1ccccc1)Cc1cc(F)cc(Br)c1. The van der Waals surface area contributed by atoms with Crippen molar-refractivity contribution < 1.29 is 9.18 Å². The molecule has 0 heterocycles. The molecule has 0 radical (unpaired) electrons. The number of halogens is 2. The van der Waals surface area contributed by atoms with Crippen molar-refractivity contribution in [2.75, 3.05) is 0 Å². The number of carbonyl (C=O) groups is 1. The number of benzene rings is 2. The van der Waals surface area contributed by atoms with Crippen LogP contribution in [0.1, 0.15) is 11.1 Å². The van der Waals surface area contributed by atoms with Crippen LogP contribution in [0.3, 0.4) is 0 Å². The van der Waals surface area contributed by atoms with Crippen LogP contribution in [0.2, 0.25) is 0 Å². The summed E-state index contributed by atoms with van der Waals surface area (Å²) in [6.07, 6.45) is 0.639. The quantitative estimate of drug-likeness (QED) is 0.836. The van der Waals surface area contributed by atoms with Crippen LogP contribution in [0.4, 0.5) is 4.39 Å². The largest absolute Gasteiger partial charge is 0.299 e. The first-order valence-electron chi connectivity index (χ1n) is 5.64. The molecule has 0 saturated heterocycles. The van der Waals surface area contributed by atoms with E-state index in [0.29, 0.717) is 16.5 Å². The zero-order chi connectivity index (χ0) is 13.0. The second-order valence-electron chi connectivity index (χ2n) is 4.16. The maximum atomic E-state index is 13.2. The van der Waals surface area contributed by atoms with Crippen molar-refractivity contribution in [3.63, 3.8) is 0 Å². The van der Waals surface area contributed by atoms with E-state index in [0.717, 1.165) is 5.56 Å². The Kier molecular flexibility index (Phi) is 4.26. The highest BCUT2D eigenvalue weighted by molar-refractivity contribution is 9.10. The topological polar surface area (TPSA) is 17.1 Å². The van der Waals surface area contributed by atoms with E-state index in [-0.39, 0.29) is 18.0 Å². The zero-order valence-corrected chi connectivity index (χ0v) is 11.3. The Bertz CT molecular complexity index is 531. The van der Waals surface area contributed by atoms with Gasteiger partial charge in [0.15, 0.2) is 0 Å². The predicted octanol–water partition coefficient (Wildman–Crippen LogP) is 3.94. The lowest BCUT2D eigenvalue weighted by Gasteiger charge is -2.03. The van der Waals surface area contributed by atoms with Crippen molar-refractivity contribution in [2.24, 2.45) is 0 Å². The highest BCUT2D eigenvalue weighted by Gasteiger charge is 2.07. The van der Waals surface area contributed by atoms with E-state index < -0.39 is 0 Å². The van der Waals surface area contributed by atoms with Crippen molar-refractivity contribution in [3.8, 4) is 0 Å². The Morgan fingerprint density at radius 1 is 1.00 bits per heavy atom. The molecular weight excluding hydrogens is 295 g/mol. The van der Waals surface area contributed by atoms with Gasteiger partial charge < -0.3 is 0 Å². The number of Topliss-reactive ketones (excluding diaryl/α,β-unsaturated/α-hetero) is 1. The average molecular weight is 307 g/mol. The van der Waals surface area contributed by atoms with Crippen molar-refractivity contribution in [1.29, 1.82) is 0 Å².